The van der Waals surface area contributed by atoms with E-state index < -0.39 is 6.10 Å². The highest BCUT2D eigenvalue weighted by Crippen LogP contribution is 2.15. The molecule has 0 aliphatic carbocycles. The molecule has 6 heteroatoms. The van der Waals surface area contributed by atoms with Crippen molar-refractivity contribution in [2.45, 2.75) is 18.9 Å². The highest BCUT2D eigenvalue weighted by molar-refractivity contribution is 5.89. The van der Waals surface area contributed by atoms with Gasteiger partial charge in [0.25, 0.3) is 0 Å². The number of aliphatic hydroxyl groups excluding tert-OH is 1. The van der Waals surface area contributed by atoms with Crippen molar-refractivity contribution in [1.29, 1.82) is 0 Å². The van der Waals surface area contributed by atoms with Gasteiger partial charge < -0.3 is 15.3 Å². The van der Waals surface area contributed by atoms with Crippen molar-refractivity contribution in [3.05, 3.63) is 42.7 Å². The molecule has 2 amide bonds. The van der Waals surface area contributed by atoms with Crippen molar-refractivity contribution in [2.24, 2.45) is 0 Å². The Morgan fingerprint density at radius 2 is 2.14 bits per heavy atom. The first-order chi connectivity index (χ1) is 10.2. The molecule has 1 aromatic carbocycles. The molecule has 1 fully saturated rings. The zero-order valence-electron chi connectivity index (χ0n) is 11.6. The molecule has 3 rings (SSSR count). The van der Waals surface area contributed by atoms with Crippen molar-refractivity contribution in [3.8, 4) is 5.69 Å². The Kier molecular flexibility index (Phi) is 3.87. The van der Waals surface area contributed by atoms with E-state index in [4.69, 9.17) is 0 Å². The number of anilines is 1. The molecule has 1 saturated heterocycles. The number of carbonyl (C=O) groups is 1. The van der Waals surface area contributed by atoms with E-state index in [0.717, 1.165) is 24.2 Å². The van der Waals surface area contributed by atoms with Crippen LogP contribution in [0.1, 0.15) is 12.8 Å². The fourth-order valence-corrected chi connectivity index (χ4v) is 2.46. The number of amides is 2. The van der Waals surface area contributed by atoms with Crippen LogP contribution < -0.4 is 5.32 Å². The molecule has 6 nitrogen and oxygen atoms in total. The lowest BCUT2D eigenvalue weighted by Crippen LogP contribution is -2.44. The number of benzene rings is 1. The largest absolute Gasteiger partial charge is 0.391 e. The standard InChI is InChI=1S/C15H18N4O2/c20-14-3-1-9-18(11-14)15(21)17-12-4-6-13(7-5-12)19-10-2-8-16-19/h2,4-8,10,14,20H,1,3,9,11H2,(H,17,21). The fourth-order valence-electron chi connectivity index (χ4n) is 2.46. The second-order valence-corrected chi connectivity index (χ2v) is 5.17. The van der Waals surface area contributed by atoms with Gasteiger partial charge in [-0.15, -0.1) is 0 Å². The molecule has 0 bridgehead atoms. The van der Waals surface area contributed by atoms with Gasteiger partial charge in [0.2, 0.25) is 0 Å². The van der Waals surface area contributed by atoms with Crippen molar-refractivity contribution >= 4 is 11.7 Å². The number of aliphatic hydroxyl groups is 1. The number of likely N-dealkylation sites (tertiary alicyclic amines) is 1. The van der Waals surface area contributed by atoms with Crippen LogP contribution in [0.5, 0.6) is 0 Å². The van der Waals surface area contributed by atoms with Crippen molar-refractivity contribution in [1.82, 2.24) is 14.7 Å². The average molecular weight is 286 g/mol. The quantitative estimate of drug-likeness (QED) is 0.885. The van der Waals surface area contributed by atoms with Crippen LogP contribution >= 0.6 is 0 Å². The topological polar surface area (TPSA) is 70.4 Å². The van der Waals surface area contributed by atoms with E-state index in [1.807, 2.05) is 36.5 Å². The molecule has 1 unspecified atom stereocenters. The average Bonchev–Trinajstić information content (AvgIpc) is 3.02. The third-order valence-electron chi connectivity index (χ3n) is 3.57. The summed E-state index contributed by atoms with van der Waals surface area (Å²) in [5, 5.41) is 16.6. The van der Waals surface area contributed by atoms with Crippen molar-refractivity contribution < 1.29 is 9.90 Å². The predicted molar refractivity (Wildman–Crippen MR) is 79.4 cm³/mol. The highest BCUT2D eigenvalue weighted by atomic mass is 16.3. The van der Waals surface area contributed by atoms with Crippen LogP contribution in [0.3, 0.4) is 0 Å². The Hall–Kier alpha value is -2.34. The van der Waals surface area contributed by atoms with E-state index >= 15 is 0 Å². The number of hydrogen-bond donors (Lipinski definition) is 2. The Morgan fingerprint density at radius 3 is 2.81 bits per heavy atom. The molecule has 110 valence electrons. The van der Waals surface area contributed by atoms with E-state index in [2.05, 4.69) is 10.4 Å². The summed E-state index contributed by atoms with van der Waals surface area (Å²) in [6, 6.07) is 9.17. The third kappa shape index (κ3) is 3.22. The maximum atomic E-state index is 12.1. The smallest absolute Gasteiger partial charge is 0.321 e. The van der Waals surface area contributed by atoms with E-state index in [1.165, 1.54) is 0 Å². The molecule has 1 atom stereocenters. The fraction of sp³-hybridized carbons (Fsp3) is 0.333. The summed E-state index contributed by atoms with van der Waals surface area (Å²) < 4.78 is 1.76. The zero-order chi connectivity index (χ0) is 14.7. The van der Waals surface area contributed by atoms with Gasteiger partial charge in [-0.05, 0) is 43.2 Å². The lowest BCUT2D eigenvalue weighted by atomic mass is 10.1. The molecule has 0 spiro atoms. The molecule has 2 aromatic rings. The molecule has 21 heavy (non-hydrogen) atoms. The van der Waals surface area contributed by atoms with Gasteiger partial charge in [-0.1, -0.05) is 0 Å². The second-order valence-electron chi connectivity index (χ2n) is 5.17. The molecule has 2 heterocycles. The molecular weight excluding hydrogens is 268 g/mol. The molecule has 1 aliphatic rings. The molecule has 2 N–H and O–H groups in total. The number of nitrogens with zero attached hydrogens (tertiary/aromatic N) is 3. The first kappa shape index (κ1) is 13.6. The van der Waals surface area contributed by atoms with Crippen LogP contribution in [-0.2, 0) is 0 Å². The summed E-state index contributed by atoms with van der Waals surface area (Å²) in [5.41, 5.74) is 1.67. The summed E-state index contributed by atoms with van der Waals surface area (Å²) in [6.45, 7) is 1.09. The number of urea groups is 1. The molecular formula is C15H18N4O2. The Balaban J connectivity index is 1.63. The maximum absolute atomic E-state index is 12.1. The van der Waals surface area contributed by atoms with Gasteiger partial charge in [0.05, 0.1) is 11.8 Å². The van der Waals surface area contributed by atoms with E-state index in [1.54, 1.807) is 15.8 Å². The lowest BCUT2D eigenvalue weighted by molar-refractivity contribution is 0.0883. The molecule has 1 aliphatic heterocycles. The van der Waals surface area contributed by atoms with Gasteiger partial charge >= 0.3 is 6.03 Å². The van der Waals surface area contributed by atoms with Gasteiger partial charge in [-0.2, -0.15) is 5.10 Å². The summed E-state index contributed by atoms with van der Waals surface area (Å²) in [5.74, 6) is 0. The van der Waals surface area contributed by atoms with Gasteiger partial charge in [0.15, 0.2) is 0 Å². The van der Waals surface area contributed by atoms with Crippen LogP contribution in [0, 0.1) is 0 Å². The van der Waals surface area contributed by atoms with Gasteiger partial charge in [-0.3, -0.25) is 0 Å². The van der Waals surface area contributed by atoms with Crippen LogP contribution in [0.25, 0.3) is 5.69 Å². The number of aromatic nitrogens is 2. The van der Waals surface area contributed by atoms with Crippen LogP contribution in [0.15, 0.2) is 42.7 Å². The summed E-state index contributed by atoms with van der Waals surface area (Å²) >= 11 is 0. The summed E-state index contributed by atoms with van der Waals surface area (Å²) in [4.78, 5) is 13.8. The number of nitrogens with one attached hydrogen (secondary N) is 1. The number of piperidine rings is 1. The van der Waals surface area contributed by atoms with Crippen molar-refractivity contribution in [2.75, 3.05) is 18.4 Å². The van der Waals surface area contributed by atoms with E-state index in [9.17, 15) is 9.90 Å². The monoisotopic (exact) mass is 286 g/mol. The number of rotatable bonds is 2. The Labute approximate surface area is 123 Å². The summed E-state index contributed by atoms with van der Waals surface area (Å²) in [7, 11) is 0. The zero-order valence-corrected chi connectivity index (χ0v) is 11.6. The van der Waals surface area contributed by atoms with Crippen LogP contribution in [0.4, 0.5) is 10.5 Å². The van der Waals surface area contributed by atoms with Gasteiger partial charge in [-0.25, -0.2) is 9.48 Å². The molecule has 0 saturated carbocycles. The Bertz CT molecular complexity index is 595. The van der Waals surface area contributed by atoms with E-state index in [-0.39, 0.29) is 6.03 Å². The summed E-state index contributed by atoms with van der Waals surface area (Å²) in [6.07, 6.45) is 4.78. The molecule has 1 aromatic heterocycles. The third-order valence-corrected chi connectivity index (χ3v) is 3.57. The van der Waals surface area contributed by atoms with Crippen molar-refractivity contribution in [3.63, 3.8) is 0 Å². The highest BCUT2D eigenvalue weighted by Gasteiger charge is 2.21. The van der Waals surface area contributed by atoms with E-state index in [0.29, 0.717) is 13.1 Å². The second kappa shape index (κ2) is 5.97. The SMILES string of the molecule is O=C(Nc1ccc(-n2cccn2)cc1)N1CCCC(O)C1. The van der Waals surface area contributed by atoms with Crippen LogP contribution in [0.2, 0.25) is 0 Å². The Morgan fingerprint density at radius 1 is 1.33 bits per heavy atom. The minimum absolute atomic E-state index is 0.166. The van der Waals surface area contributed by atoms with Crippen LogP contribution in [-0.4, -0.2) is 45.0 Å². The maximum Gasteiger partial charge on any atom is 0.321 e. The number of carbonyl (C=O) groups excluding carboxylic acids is 1. The lowest BCUT2D eigenvalue weighted by Gasteiger charge is -2.30. The number of β-amino-alcohol motifs (C(OH)–C–C–N with tert-alkyl or cyclic N) is 1. The number of hydrogen-bond acceptors (Lipinski definition) is 3. The minimum Gasteiger partial charge on any atom is -0.391 e. The minimum atomic E-state index is -0.410. The normalized spacial score (nSPS) is 18.5. The van der Waals surface area contributed by atoms with Gasteiger partial charge in [0.1, 0.15) is 0 Å². The first-order valence-electron chi connectivity index (χ1n) is 7.06. The first-order valence-corrected chi connectivity index (χ1v) is 7.06. The molecule has 0 radical (unpaired) electrons. The van der Waals surface area contributed by atoms with Gasteiger partial charge in [0, 0.05) is 31.2 Å². The predicted octanol–water partition coefficient (Wildman–Crippen LogP) is 1.86.